The van der Waals surface area contributed by atoms with Gasteiger partial charge in [-0.15, -0.1) is 0 Å². The zero-order valence-corrected chi connectivity index (χ0v) is 14.1. The van der Waals surface area contributed by atoms with Crippen LogP contribution in [0.5, 0.6) is 11.5 Å². The molecule has 2 amide bonds. The third-order valence-electron chi connectivity index (χ3n) is 3.79. The van der Waals surface area contributed by atoms with Crippen LogP contribution in [-0.2, 0) is 16.0 Å². The van der Waals surface area contributed by atoms with E-state index in [4.69, 9.17) is 15.2 Å². The highest BCUT2D eigenvalue weighted by Gasteiger charge is 2.17. The standard InChI is InChI=1S/C17H25N3O4/c1-11(2)16(18)17(22)20-10-15(21)19-6-5-12-3-4-13-14(9-12)24-8-7-23-13/h3-4,9,11,16H,5-8,10,18H2,1-2H3,(H,19,21)(H,20,22)/t16-/m0/s1. The molecule has 1 heterocycles. The third kappa shape index (κ3) is 5.13. The molecule has 1 aliphatic rings. The number of amides is 2. The van der Waals surface area contributed by atoms with E-state index in [2.05, 4.69) is 10.6 Å². The molecule has 1 aromatic rings. The van der Waals surface area contributed by atoms with Crippen molar-refractivity contribution in [1.29, 1.82) is 0 Å². The molecule has 2 rings (SSSR count). The van der Waals surface area contributed by atoms with Crippen LogP contribution in [0.2, 0.25) is 0 Å². The van der Waals surface area contributed by atoms with E-state index in [9.17, 15) is 9.59 Å². The third-order valence-corrected chi connectivity index (χ3v) is 3.79. The van der Waals surface area contributed by atoms with Crippen LogP contribution in [-0.4, -0.2) is 44.2 Å². The highest BCUT2D eigenvalue weighted by atomic mass is 16.6. The molecule has 7 nitrogen and oxygen atoms in total. The molecule has 0 unspecified atom stereocenters. The number of nitrogens with two attached hydrogens (primary N) is 1. The summed E-state index contributed by atoms with van der Waals surface area (Å²) in [5.74, 6) is 0.963. The van der Waals surface area contributed by atoms with E-state index in [0.29, 0.717) is 26.2 Å². The van der Waals surface area contributed by atoms with Crippen LogP contribution in [0.25, 0.3) is 0 Å². The largest absolute Gasteiger partial charge is 0.486 e. The molecule has 0 saturated heterocycles. The van der Waals surface area contributed by atoms with E-state index in [1.165, 1.54) is 0 Å². The summed E-state index contributed by atoms with van der Waals surface area (Å²) in [7, 11) is 0. The molecule has 1 atom stereocenters. The monoisotopic (exact) mass is 335 g/mol. The van der Waals surface area contributed by atoms with Crippen LogP contribution in [0, 0.1) is 5.92 Å². The maximum Gasteiger partial charge on any atom is 0.239 e. The number of ether oxygens (including phenoxy) is 2. The summed E-state index contributed by atoms with van der Waals surface area (Å²) in [4.78, 5) is 23.4. The zero-order chi connectivity index (χ0) is 17.5. The fourth-order valence-corrected chi connectivity index (χ4v) is 2.24. The minimum atomic E-state index is -0.601. The molecule has 1 aliphatic heterocycles. The van der Waals surface area contributed by atoms with Gasteiger partial charge in [-0.2, -0.15) is 0 Å². The van der Waals surface area contributed by atoms with Gasteiger partial charge < -0.3 is 25.8 Å². The fourth-order valence-electron chi connectivity index (χ4n) is 2.24. The normalized spacial score (nSPS) is 14.2. The van der Waals surface area contributed by atoms with E-state index in [0.717, 1.165) is 17.1 Å². The lowest BCUT2D eigenvalue weighted by atomic mass is 10.1. The van der Waals surface area contributed by atoms with Crippen LogP contribution in [0.3, 0.4) is 0 Å². The molecule has 0 aliphatic carbocycles. The van der Waals surface area contributed by atoms with Crippen LogP contribution >= 0.6 is 0 Å². The summed E-state index contributed by atoms with van der Waals surface area (Å²) in [6.07, 6.45) is 0.668. The molecule has 0 aromatic heterocycles. The number of carbonyl (C=O) groups excluding carboxylic acids is 2. The Balaban J connectivity index is 1.70. The average Bonchev–Trinajstić information content (AvgIpc) is 2.58. The summed E-state index contributed by atoms with van der Waals surface area (Å²) in [6, 6.07) is 5.14. The number of nitrogens with one attached hydrogen (secondary N) is 2. The van der Waals surface area contributed by atoms with Gasteiger partial charge in [-0.25, -0.2) is 0 Å². The first-order valence-corrected chi connectivity index (χ1v) is 8.16. The van der Waals surface area contributed by atoms with Gasteiger partial charge in [0.2, 0.25) is 11.8 Å². The molecule has 4 N–H and O–H groups in total. The number of carbonyl (C=O) groups is 2. The molecule has 0 bridgehead atoms. The number of hydrogen-bond acceptors (Lipinski definition) is 5. The van der Waals surface area contributed by atoms with Crippen LogP contribution < -0.4 is 25.8 Å². The first-order chi connectivity index (χ1) is 11.5. The predicted octanol–water partition coefficient (Wildman–Crippen LogP) is 0.216. The minimum absolute atomic E-state index is 0.0308. The van der Waals surface area contributed by atoms with Crippen molar-refractivity contribution in [1.82, 2.24) is 10.6 Å². The molecular weight excluding hydrogens is 310 g/mol. The molecule has 0 spiro atoms. The van der Waals surface area contributed by atoms with E-state index >= 15 is 0 Å². The van der Waals surface area contributed by atoms with Gasteiger partial charge in [-0.3, -0.25) is 9.59 Å². The second-order valence-electron chi connectivity index (χ2n) is 6.07. The smallest absolute Gasteiger partial charge is 0.239 e. The molecule has 0 fully saturated rings. The summed E-state index contributed by atoms with van der Waals surface area (Å²) in [5.41, 5.74) is 6.76. The lowest BCUT2D eigenvalue weighted by Gasteiger charge is -2.19. The quantitative estimate of drug-likeness (QED) is 0.661. The van der Waals surface area contributed by atoms with Crippen molar-refractivity contribution >= 4 is 11.8 Å². The Kier molecular flexibility index (Phi) is 6.43. The Labute approximate surface area is 141 Å². The topological polar surface area (TPSA) is 103 Å². The van der Waals surface area contributed by atoms with Crippen molar-refractivity contribution in [2.75, 3.05) is 26.3 Å². The molecule has 1 aromatic carbocycles. The van der Waals surface area contributed by atoms with E-state index in [1.54, 1.807) is 0 Å². The Morgan fingerprint density at radius 3 is 2.58 bits per heavy atom. The summed E-state index contributed by atoms with van der Waals surface area (Å²) in [5, 5.41) is 5.31. The second kappa shape index (κ2) is 8.54. The van der Waals surface area contributed by atoms with E-state index in [1.807, 2.05) is 32.0 Å². The molecular formula is C17H25N3O4. The number of fused-ring (bicyclic) bond motifs is 1. The van der Waals surface area contributed by atoms with Crippen molar-refractivity contribution in [3.63, 3.8) is 0 Å². The second-order valence-corrected chi connectivity index (χ2v) is 6.07. The summed E-state index contributed by atoms with van der Waals surface area (Å²) >= 11 is 0. The molecule has 24 heavy (non-hydrogen) atoms. The van der Waals surface area contributed by atoms with Crippen molar-refractivity contribution in [2.45, 2.75) is 26.3 Å². The highest BCUT2D eigenvalue weighted by molar-refractivity contribution is 5.87. The van der Waals surface area contributed by atoms with Crippen molar-refractivity contribution in [3.8, 4) is 11.5 Å². The van der Waals surface area contributed by atoms with Gasteiger partial charge in [0.05, 0.1) is 12.6 Å². The SMILES string of the molecule is CC(C)[C@H](N)C(=O)NCC(=O)NCCc1ccc2c(c1)OCCO2. The first-order valence-electron chi connectivity index (χ1n) is 8.16. The molecule has 132 valence electrons. The summed E-state index contributed by atoms with van der Waals surface area (Å²) in [6.45, 7) is 5.24. The van der Waals surface area contributed by atoms with Gasteiger partial charge in [-0.05, 0) is 30.0 Å². The van der Waals surface area contributed by atoms with E-state index < -0.39 is 6.04 Å². The maximum absolute atomic E-state index is 11.8. The minimum Gasteiger partial charge on any atom is -0.486 e. The number of benzene rings is 1. The number of rotatable bonds is 7. The molecule has 7 heteroatoms. The Bertz CT molecular complexity index is 589. The van der Waals surface area contributed by atoms with Crippen molar-refractivity contribution in [2.24, 2.45) is 11.7 Å². The van der Waals surface area contributed by atoms with Crippen molar-refractivity contribution < 1.29 is 19.1 Å². The maximum atomic E-state index is 11.8. The van der Waals surface area contributed by atoms with Gasteiger partial charge in [-0.1, -0.05) is 19.9 Å². The van der Waals surface area contributed by atoms with Crippen LogP contribution in [0.1, 0.15) is 19.4 Å². The van der Waals surface area contributed by atoms with Gasteiger partial charge in [0.15, 0.2) is 11.5 Å². The molecule has 0 radical (unpaired) electrons. The zero-order valence-electron chi connectivity index (χ0n) is 14.1. The first kappa shape index (κ1) is 18.1. The lowest BCUT2D eigenvalue weighted by Crippen LogP contribution is -2.47. The van der Waals surface area contributed by atoms with Crippen LogP contribution in [0.4, 0.5) is 0 Å². The van der Waals surface area contributed by atoms with Gasteiger partial charge in [0, 0.05) is 6.54 Å². The fraction of sp³-hybridized carbons (Fsp3) is 0.529. The Morgan fingerprint density at radius 2 is 1.88 bits per heavy atom. The highest BCUT2D eigenvalue weighted by Crippen LogP contribution is 2.30. The predicted molar refractivity (Wildman–Crippen MR) is 90.0 cm³/mol. The van der Waals surface area contributed by atoms with Crippen molar-refractivity contribution in [3.05, 3.63) is 23.8 Å². The number of hydrogen-bond donors (Lipinski definition) is 3. The summed E-state index contributed by atoms with van der Waals surface area (Å²) < 4.78 is 11.0. The van der Waals surface area contributed by atoms with E-state index in [-0.39, 0.29) is 24.3 Å². The average molecular weight is 335 g/mol. The van der Waals surface area contributed by atoms with Gasteiger partial charge in [0.25, 0.3) is 0 Å². The Hall–Kier alpha value is -2.28. The molecule has 0 saturated carbocycles. The van der Waals surface area contributed by atoms with Gasteiger partial charge >= 0.3 is 0 Å². The lowest BCUT2D eigenvalue weighted by molar-refractivity contribution is -0.127. The van der Waals surface area contributed by atoms with Gasteiger partial charge in [0.1, 0.15) is 13.2 Å². The Morgan fingerprint density at radius 1 is 1.17 bits per heavy atom. The van der Waals surface area contributed by atoms with Crippen LogP contribution in [0.15, 0.2) is 18.2 Å².